The number of nitrogens with zero attached hydrogens (tertiary/aromatic N) is 1. The van der Waals surface area contributed by atoms with E-state index in [0.29, 0.717) is 12.1 Å². The third-order valence-corrected chi connectivity index (χ3v) is 4.25. The molecule has 2 atom stereocenters. The summed E-state index contributed by atoms with van der Waals surface area (Å²) in [5.74, 6) is 0. The summed E-state index contributed by atoms with van der Waals surface area (Å²) < 4.78 is 1.16. The lowest BCUT2D eigenvalue weighted by Gasteiger charge is -2.41. The molecule has 1 aromatic rings. The number of hydrogen-bond donors (Lipinski definition) is 1. The molecule has 18 heavy (non-hydrogen) atoms. The van der Waals surface area contributed by atoms with Gasteiger partial charge in [0.2, 0.25) is 0 Å². The van der Waals surface area contributed by atoms with Crippen molar-refractivity contribution in [3.63, 3.8) is 0 Å². The quantitative estimate of drug-likeness (QED) is 0.915. The highest BCUT2D eigenvalue weighted by molar-refractivity contribution is 9.10. The molecule has 0 amide bonds. The van der Waals surface area contributed by atoms with Crippen LogP contribution in [0.4, 0.5) is 5.69 Å². The molecule has 0 aliphatic carbocycles. The highest BCUT2D eigenvalue weighted by Gasteiger charge is 2.25. The normalized spacial score (nSPS) is 24.3. The maximum atomic E-state index is 3.65. The number of benzene rings is 1. The van der Waals surface area contributed by atoms with E-state index >= 15 is 0 Å². The molecule has 2 nitrogen and oxygen atoms in total. The number of nitrogens with one attached hydrogen (secondary N) is 1. The predicted molar refractivity (Wildman–Crippen MR) is 82.4 cm³/mol. The van der Waals surface area contributed by atoms with E-state index in [4.69, 9.17) is 0 Å². The average molecular weight is 311 g/mol. The fourth-order valence-electron chi connectivity index (χ4n) is 2.75. The zero-order chi connectivity index (χ0) is 13.1. The number of hydrogen-bond acceptors (Lipinski definition) is 2. The Labute approximate surface area is 119 Å². The lowest BCUT2D eigenvalue weighted by Crippen LogP contribution is -2.55. The van der Waals surface area contributed by atoms with Gasteiger partial charge >= 0.3 is 0 Å². The second-order valence-electron chi connectivity index (χ2n) is 5.33. The van der Waals surface area contributed by atoms with Gasteiger partial charge in [0.25, 0.3) is 0 Å². The van der Waals surface area contributed by atoms with Gasteiger partial charge in [-0.1, -0.05) is 29.3 Å². The van der Waals surface area contributed by atoms with Gasteiger partial charge in [-0.15, -0.1) is 0 Å². The van der Waals surface area contributed by atoms with Crippen molar-refractivity contribution in [1.29, 1.82) is 0 Å². The van der Waals surface area contributed by atoms with Crippen molar-refractivity contribution in [2.24, 2.45) is 0 Å². The van der Waals surface area contributed by atoms with Gasteiger partial charge in [0.15, 0.2) is 0 Å². The molecule has 1 aliphatic rings. The van der Waals surface area contributed by atoms with E-state index in [1.165, 1.54) is 24.1 Å². The lowest BCUT2D eigenvalue weighted by molar-refractivity contribution is 0.386. The Morgan fingerprint density at radius 3 is 2.89 bits per heavy atom. The highest BCUT2D eigenvalue weighted by Crippen LogP contribution is 2.27. The van der Waals surface area contributed by atoms with Gasteiger partial charge < -0.3 is 10.2 Å². The molecule has 1 aromatic carbocycles. The highest BCUT2D eigenvalue weighted by atomic mass is 79.9. The van der Waals surface area contributed by atoms with Gasteiger partial charge in [0.05, 0.1) is 0 Å². The number of anilines is 1. The van der Waals surface area contributed by atoms with Gasteiger partial charge in [-0.2, -0.15) is 0 Å². The van der Waals surface area contributed by atoms with Crippen LogP contribution in [-0.2, 0) is 0 Å². The summed E-state index contributed by atoms with van der Waals surface area (Å²) in [5.41, 5.74) is 2.74. The molecular weight excluding hydrogens is 288 g/mol. The zero-order valence-corrected chi connectivity index (χ0v) is 13.1. The first-order chi connectivity index (χ1) is 8.61. The van der Waals surface area contributed by atoms with Crippen LogP contribution in [0.25, 0.3) is 0 Å². The van der Waals surface area contributed by atoms with Crippen molar-refractivity contribution in [2.45, 2.75) is 45.7 Å². The SMILES string of the molecule is CCCC1CN(c2ccc(Br)cc2C)C(C)CN1. The molecule has 0 bridgehead atoms. The molecule has 2 unspecified atom stereocenters. The molecule has 1 N–H and O–H groups in total. The van der Waals surface area contributed by atoms with Crippen molar-refractivity contribution >= 4 is 21.6 Å². The van der Waals surface area contributed by atoms with Gasteiger partial charge in [-0.3, -0.25) is 0 Å². The maximum absolute atomic E-state index is 3.65. The molecule has 1 fully saturated rings. The Morgan fingerprint density at radius 2 is 2.22 bits per heavy atom. The van der Waals surface area contributed by atoms with Crippen LogP contribution in [0.15, 0.2) is 22.7 Å². The molecule has 1 heterocycles. The van der Waals surface area contributed by atoms with Gasteiger partial charge in [-0.05, 0) is 44.0 Å². The van der Waals surface area contributed by atoms with E-state index in [1.54, 1.807) is 0 Å². The van der Waals surface area contributed by atoms with E-state index in [0.717, 1.165) is 17.6 Å². The molecule has 2 rings (SSSR count). The summed E-state index contributed by atoms with van der Waals surface area (Å²) in [6, 6.07) is 7.79. The second-order valence-corrected chi connectivity index (χ2v) is 6.24. The monoisotopic (exact) mass is 310 g/mol. The first-order valence-electron chi connectivity index (χ1n) is 6.88. The van der Waals surface area contributed by atoms with Crippen LogP contribution >= 0.6 is 15.9 Å². The summed E-state index contributed by atoms with van der Waals surface area (Å²) in [4.78, 5) is 2.55. The predicted octanol–water partition coefficient (Wildman–Crippen LogP) is 3.72. The smallest absolute Gasteiger partial charge is 0.0400 e. The minimum Gasteiger partial charge on any atom is -0.366 e. The molecule has 100 valence electrons. The van der Waals surface area contributed by atoms with Crippen LogP contribution in [0.2, 0.25) is 0 Å². The largest absolute Gasteiger partial charge is 0.366 e. The van der Waals surface area contributed by atoms with E-state index in [1.807, 2.05) is 0 Å². The molecule has 0 radical (unpaired) electrons. The van der Waals surface area contributed by atoms with Crippen molar-refractivity contribution < 1.29 is 0 Å². The Morgan fingerprint density at radius 1 is 1.44 bits per heavy atom. The third-order valence-electron chi connectivity index (χ3n) is 3.76. The fourth-order valence-corrected chi connectivity index (χ4v) is 3.22. The topological polar surface area (TPSA) is 15.3 Å². The molecule has 0 aromatic heterocycles. The van der Waals surface area contributed by atoms with Crippen molar-refractivity contribution in [3.8, 4) is 0 Å². The maximum Gasteiger partial charge on any atom is 0.0400 e. The van der Waals surface area contributed by atoms with Gasteiger partial charge in [-0.25, -0.2) is 0 Å². The molecule has 1 aliphatic heterocycles. The van der Waals surface area contributed by atoms with Crippen LogP contribution < -0.4 is 10.2 Å². The Balaban J connectivity index is 2.18. The Bertz CT molecular complexity index is 405. The lowest BCUT2D eigenvalue weighted by atomic mass is 10.0. The molecule has 0 saturated carbocycles. The third kappa shape index (κ3) is 3.07. The zero-order valence-electron chi connectivity index (χ0n) is 11.5. The van der Waals surface area contributed by atoms with Gasteiger partial charge in [0.1, 0.15) is 0 Å². The Hall–Kier alpha value is -0.540. The first-order valence-corrected chi connectivity index (χ1v) is 7.67. The van der Waals surface area contributed by atoms with Crippen LogP contribution in [0, 0.1) is 6.92 Å². The number of piperazine rings is 1. The van der Waals surface area contributed by atoms with Gasteiger partial charge in [0, 0.05) is 35.3 Å². The van der Waals surface area contributed by atoms with E-state index in [2.05, 4.69) is 65.1 Å². The van der Waals surface area contributed by atoms with Crippen molar-refractivity contribution in [2.75, 3.05) is 18.0 Å². The Kier molecular flexibility index (Phi) is 4.68. The molecule has 0 spiro atoms. The van der Waals surface area contributed by atoms with E-state index < -0.39 is 0 Å². The standard InChI is InChI=1S/C15H23BrN2/c1-4-5-14-10-18(12(3)9-17-14)15-7-6-13(16)8-11(15)2/h6-8,12,14,17H,4-5,9-10H2,1-3H3. The second kappa shape index (κ2) is 6.07. The van der Waals surface area contributed by atoms with Crippen LogP contribution in [0.5, 0.6) is 0 Å². The minimum atomic E-state index is 0.568. The van der Waals surface area contributed by atoms with Crippen LogP contribution in [0.1, 0.15) is 32.3 Å². The summed E-state index contributed by atoms with van der Waals surface area (Å²) in [5, 5.41) is 3.65. The van der Waals surface area contributed by atoms with E-state index in [9.17, 15) is 0 Å². The summed E-state index contributed by atoms with van der Waals surface area (Å²) in [6.45, 7) is 8.97. The fraction of sp³-hybridized carbons (Fsp3) is 0.600. The molecular formula is C15H23BrN2. The van der Waals surface area contributed by atoms with Crippen molar-refractivity contribution in [1.82, 2.24) is 5.32 Å². The first kappa shape index (κ1) is 13.9. The summed E-state index contributed by atoms with van der Waals surface area (Å²) in [6.07, 6.45) is 2.51. The number of aryl methyl sites for hydroxylation is 1. The van der Waals surface area contributed by atoms with Crippen molar-refractivity contribution in [3.05, 3.63) is 28.2 Å². The number of halogens is 1. The minimum absolute atomic E-state index is 0.568. The average Bonchev–Trinajstić information content (AvgIpc) is 2.33. The van der Waals surface area contributed by atoms with E-state index in [-0.39, 0.29) is 0 Å². The summed E-state index contributed by atoms with van der Waals surface area (Å²) in [7, 11) is 0. The van der Waals surface area contributed by atoms with Crippen LogP contribution in [-0.4, -0.2) is 25.2 Å². The molecule has 1 saturated heterocycles. The van der Waals surface area contributed by atoms with Crippen LogP contribution in [0.3, 0.4) is 0 Å². The number of rotatable bonds is 3. The molecule has 3 heteroatoms. The summed E-state index contributed by atoms with van der Waals surface area (Å²) >= 11 is 3.54.